The maximum atomic E-state index is 10.1. The molecule has 0 spiro atoms. The van der Waals surface area contributed by atoms with E-state index < -0.39 is 0 Å². The number of aromatic nitrogens is 1. The van der Waals surface area contributed by atoms with Crippen molar-refractivity contribution in [2.75, 3.05) is 0 Å². The van der Waals surface area contributed by atoms with E-state index in [1.165, 1.54) is 44.1 Å². The fraction of sp³-hybridized carbons (Fsp3) is 0.688. The van der Waals surface area contributed by atoms with Crippen LogP contribution in [0, 0.1) is 12.8 Å². The summed E-state index contributed by atoms with van der Waals surface area (Å²) in [6, 6.07) is 4.02. The topological polar surface area (TPSA) is 33.1 Å². The highest BCUT2D eigenvalue weighted by Crippen LogP contribution is 2.28. The molecule has 0 saturated heterocycles. The lowest BCUT2D eigenvalue weighted by molar-refractivity contribution is 0.148. The molecule has 1 saturated carbocycles. The van der Waals surface area contributed by atoms with Crippen LogP contribution in [0.15, 0.2) is 18.3 Å². The molecule has 1 aromatic heterocycles. The Morgan fingerprint density at radius 1 is 1.33 bits per heavy atom. The Morgan fingerprint density at radius 2 is 2.11 bits per heavy atom. The molecule has 18 heavy (non-hydrogen) atoms. The highest BCUT2D eigenvalue weighted by atomic mass is 16.3. The Labute approximate surface area is 110 Å². The summed E-state index contributed by atoms with van der Waals surface area (Å²) < 4.78 is 0. The maximum Gasteiger partial charge on any atom is 0.0595 e. The van der Waals surface area contributed by atoms with Gasteiger partial charge in [-0.2, -0.15) is 0 Å². The molecule has 2 heteroatoms. The molecule has 0 radical (unpaired) electrons. The third-order valence-corrected chi connectivity index (χ3v) is 4.18. The van der Waals surface area contributed by atoms with Gasteiger partial charge in [-0.1, -0.05) is 38.2 Å². The van der Waals surface area contributed by atoms with Crippen LogP contribution in [-0.2, 0) is 6.42 Å². The monoisotopic (exact) mass is 247 g/mol. The molecule has 1 unspecified atom stereocenters. The molecule has 0 aliphatic heterocycles. The molecule has 1 aliphatic carbocycles. The Hall–Kier alpha value is -0.890. The predicted octanol–water partition coefficient (Wildman–Crippen LogP) is 3.65. The fourth-order valence-corrected chi connectivity index (χ4v) is 2.96. The molecular weight excluding hydrogens is 222 g/mol. The molecule has 1 aromatic rings. The Bertz CT molecular complexity index is 358. The summed E-state index contributed by atoms with van der Waals surface area (Å²) in [7, 11) is 0. The number of rotatable bonds is 5. The van der Waals surface area contributed by atoms with Crippen LogP contribution in [-0.4, -0.2) is 16.2 Å². The second-order valence-electron chi connectivity index (χ2n) is 5.71. The van der Waals surface area contributed by atoms with Gasteiger partial charge >= 0.3 is 0 Å². The normalized spacial score (nSPS) is 18.8. The first-order valence-electron chi connectivity index (χ1n) is 7.34. The van der Waals surface area contributed by atoms with Crippen LogP contribution in [0.25, 0.3) is 0 Å². The van der Waals surface area contributed by atoms with Crippen LogP contribution in [0.3, 0.4) is 0 Å². The summed E-state index contributed by atoms with van der Waals surface area (Å²) in [5, 5.41) is 10.1. The Balaban J connectivity index is 1.74. The van der Waals surface area contributed by atoms with E-state index in [0.717, 1.165) is 18.0 Å². The molecule has 0 bridgehead atoms. The molecule has 1 fully saturated rings. The third-order valence-electron chi connectivity index (χ3n) is 4.18. The van der Waals surface area contributed by atoms with E-state index >= 15 is 0 Å². The van der Waals surface area contributed by atoms with E-state index in [1.54, 1.807) is 0 Å². The van der Waals surface area contributed by atoms with Crippen molar-refractivity contribution in [2.24, 2.45) is 5.92 Å². The lowest BCUT2D eigenvalue weighted by atomic mass is 9.85. The van der Waals surface area contributed by atoms with Crippen molar-refractivity contribution < 1.29 is 5.11 Å². The Morgan fingerprint density at radius 3 is 2.83 bits per heavy atom. The number of aryl methyl sites for hydroxylation is 1. The highest BCUT2D eigenvalue weighted by molar-refractivity contribution is 5.18. The summed E-state index contributed by atoms with van der Waals surface area (Å²) in [6.07, 6.45) is 11.3. The largest absolute Gasteiger partial charge is 0.393 e. The van der Waals surface area contributed by atoms with Gasteiger partial charge in [0.25, 0.3) is 0 Å². The lowest BCUT2D eigenvalue weighted by Gasteiger charge is -2.22. The van der Waals surface area contributed by atoms with Crippen LogP contribution in [0.2, 0.25) is 0 Å². The molecule has 1 heterocycles. The molecule has 1 aliphatic rings. The molecular formula is C16H25NO. The van der Waals surface area contributed by atoms with Crippen LogP contribution >= 0.6 is 0 Å². The third kappa shape index (κ3) is 4.09. The summed E-state index contributed by atoms with van der Waals surface area (Å²) >= 11 is 0. The van der Waals surface area contributed by atoms with Crippen molar-refractivity contribution in [3.8, 4) is 0 Å². The second kappa shape index (κ2) is 6.89. The zero-order chi connectivity index (χ0) is 12.8. The minimum atomic E-state index is -0.222. The molecule has 100 valence electrons. The van der Waals surface area contributed by atoms with E-state index in [0.29, 0.717) is 6.42 Å². The van der Waals surface area contributed by atoms with Crippen molar-refractivity contribution in [2.45, 2.75) is 64.4 Å². The van der Waals surface area contributed by atoms with Crippen molar-refractivity contribution >= 4 is 0 Å². The lowest BCUT2D eigenvalue weighted by Crippen LogP contribution is -2.15. The van der Waals surface area contributed by atoms with Crippen molar-refractivity contribution in [1.82, 2.24) is 4.98 Å². The van der Waals surface area contributed by atoms with E-state index in [4.69, 9.17) is 0 Å². The van der Waals surface area contributed by atoms with Gasteiger partial charge in [-0.3, -0.25) is 4.98 Å². The van der Waals surface area contributed by atoms with Crippen LogP contribution in [0.4, 0.5) is 0 Å². The van der Waals surface area contributed by atoms with Crippen LogP contribution in [0.1, 0.15) is 56.2 Å². The van der Waals surface area contributed by atoms with Crippen molar-refractivity contribution in [3.05, 3.63) is 29.6 Å². The van der Waals surface area contributed by atoms with Gasteiger partial charge in [-0.15, -0.1) is 0 Å². The highest BCUT2D eigenvalue weighted by Gasteiger charge is 2.16. The van der Waals surface area contributed by atoms with E-state index in [2.05, 4.69) is 18.0 Å². The van der Waals surface area contributed by atoms with Crippen LogP contribution < -0.4 is 0 Å². The summed E-state index contributed by atoms with van der Waals surface area (Å²) in [6.45, 7) is 2.07. The van der Waals surface area contributed by atoms with Gasteiger partial charge in [0.15, 0.2) is 0 Å². The quantitative estimate of drug-likeness (QED) is 0.861. The average Bonchev–Trinajstić information content (AvgIpc) is 2.40. The SMILES string of the molecule is Cc1cccnc1CC(O)CCC1CCCCC1. The van der Waals surface area contributed by atoms with Gasteiger partial charge in [0.05, 0.1) is 6.10 Å². The standard InChI is InChI=1S/C16H25NO/c1-13-6-5-11-17-16(13)12-15(18)10-9-14-7-3-2-4-8-14/h5-6,11,14-15,18H,2-4,7-10,12H2,1H3. The van der Waals surface area contributed by atoms with Crippen molar-refractivity contribution in [1.29, 1.82) is 0 Å². The van der Waals surface area contributed by atoms with Gasteiger partial charge in [0, 0.05) is 18.3 Å². The number of pyridine rings is 1. The first kappa shape index (κ1) is 13.5. The predicted molar refractivity (Wildman–Crippen MR) is 74.5 cm³/mol. The van der Waals surface area contributed by atoms with E-state index in [9.17, 15) is 5.11 Å². The van der Waals surface area contributed by atoms with Gasteiger partial charge in [-0.05, 0) is 37.3 Å². The second-order valence-corrected chi connectivity index (χ2v) is 5.71. The minimum absolute atomic E-state index is 0.222. The minimum Gasteiger partial charge on any atom is -0.393 e. The van der Waals surface area contributed by atoms with Gasteiger partial charge in [-0.25, -0.2) is 0 Å². The van der Waals surface area contributed by atoms with Gasteiger partial charge < -0.3 is 5.11 Å². The van der Waals surface area contributed by atoms with Gasteiger partial charge in [0.2, 0.25) is 0 Å². The number of nitrogens with zero attached hydrogens (tertiary/aromatic N) is 1. The zero-order valence-corrected chi connectivity index (χ0v) is 11.4. The number of aliphatic hydroxyl groups excluding tert-OH is 1. The van der Waals surface area contributed by atoms with Gasteiger partial charge in [0.1, 0.15) is 0 Å². The number of hydrogen-bond acceptors (Lipinski definition) is 2. The first-order valence-corrected chi connectivity index (χ1v) is 7.34. The molecule has 2 rings (SSSR count). The van der Waals surface area contributed by atoms with Crippen molar-refractivity contribution in [3.63, 3.8) is 0 Å². The molecule has 1 atom stereocenters. The molecule has 1 N–H and O–H groups in total. The summed E-state index contributed by atoms with van der Waals surface area (Å²) in [5.74, 6) is 0.859. The molecule has 2 nitrogen and oxygen atoms in total. The van der Waals surface area contributed by atoms with Crippen LogP contribution in [0.5, 0.6) is 0 Å². The smallest absolute Gasteiger partial charge is 0.0595 e. The average molecular weight is 247 g/mol. The number of hydrogen-bond donors (Lipinski definition) is 1. The first-order chi connectivity index (χ1) is 8.75. The maximum absolute atomic E-state index is 10.1. The zero-order valence-electron chi connectivity index (χ0n) is 11.4. The number of aliphatic hydroxyl groups is 1. The van der Waals surface area contributed by atoms with E-state index in [1.807, 2.05) is 12.3 Å². The molecule has 0 aromatic carbocycles. The van der Waals surface area contributed by atoms with E-state index in [-0.39, 0.29) is 6.10 Å². The summed E-state index contributed by atoms with van der Waals surface area (Å²) in [5.41, 5.74) is 2.24. The molecule has 0 amide bonds. The Kier molecular flexibility index (Phi) is 5.18. The fourth-order valence-electron chi connectivity index (χ4n) is 2.96. The summed E-state index contributed by atoms with van der Waals surface area (Å²) in [4.78, 5) is 4.35.